The third kappa shape index (κ3) is 6.04. The van der Waals surface area contributed by atoms with Crippen molar-refractivity contribution >= 4 is 38.6 Å². The minimum absolute atomic E-state index is 0.105. The van der Waals surface area contributed by atoms with Crippen molar-refractivity contribution in [3.05, 3.63) is 102 Å². The standard InChI is InChI=1S/C27H25N3O4S/c1-34-25-10-3-2-9-24(25)30-35(32,33)23-14-11-20(12-15-23)13-16-26(31)28-19-17-22-7-4-6-21-8-5-18-29-27(21)22/h2-16,18,30H,17,19H2,1H3,(H,28,31)/b16-13+. The van der Waals surface area contributed by atoms with Crippen LogP contribution in [-0.4, -0.2) is 33.0 Å². The summed E-state index contributed by atoms with van der Waals surface area (Å²) in [4.78, 5) is 16.8. The number of pyridine rings is 1. The molecule has 0 atom stereocenters. The Kier molecular flexibility index (Phi) is 7.42. The molecule has 0 saturated carbocycles. The van der Waals surface area contributed by atoms with Crippen molar-refractivity contribution < 1.29 is 17.9 Å². The predicted octanol–water partition coefficient (Wildman–Crippen LogP) is 4.42. The first-order valence-electron chi connectivity index (χ1n) is 11.0. The molecule has 4 aromatic rings. The monoisotopic (exact) mass is 487 g/mol. The second-order valence-corrected chi connectivity index (χ2v) is 9.42. The molecule has 0 fully saturated rings. The molecule has 0 aliphatic rings. The number of nitrogens with zero attached hydrogens (tertiary/aromatic N) is 1. The molecule has 35 heavy (non-hydrogen) atoms. The van der Waals surface area contributed by atoms with Crippen molar-refractivity contribution in [2.75, 3.05) is 18.4 Å². The fraction of sp³-hybridized carbons (Fsp3) is 0.111. The maximum atomic E-state index is 12.7. The van der Waals surface area contributed by atoms with E-state index in [0.29, 0.717) is 30.0 Å². The van der Waals surface area contributed by atoms with Crippen LogP contribution in [0, 0.1) is 0 Å². The summed E-state index contributed by atoms with van der Waals surface area (Å²) in [7, 11) is -2.31. The summed E-state index contributed by atoms with van der Waals surface area (Å²) in [5, 5.41) is 3.94. The van der Waals surface area contributed by atoms with E-state index in [-0.39, 0.29) is 10.8 Å². The van der Waals surface area contributed by atoms with Gasteiger partial charge in [-0.15, -0.1) is 0 Å². The third-order valence-electron chi connectivity index (χ3n) is 5.38. The molecule has 178 valence electrons. The van der Waals surface area contributed by atoms with Crippen LogP contribution in [0.2, 0.25) is 0 Å². The van der Waals surface area contributed by atoms with E-state index in [4.69, 9.17) is 4.74 Å². The smallest absolute Gasteiger partial charge is 0.262 e. The summed E-state index contributed by atoms with van der Waals surface area (Å²) in [6.07, 6.45) is 5.49. The molecule has 4 rings (SSSR count). The van der Waals surface area contributed by atoms with Gasteiger partial charge < -0.3 is 10.1 Å². The van der Waals surface area contributed by atoms with E-state index in [9.17, 15) is 13.2 Å². The van der Waals surface area contributed by atoms with Gasteiger partial charge in [0.2, 0.25) is 5.91 Å². The Labute approximate surface area is 204 Å². The number of ether oxygens (including phenoxy) is 1. The zero-order valence-corrected chi connectivity index (χ0v) is 20.0. The normalized spacial score (nSPS) is 11.5. The lowest BCUT2D eigenvalue weighted by atomic mass is 10.1. The van der Waals surface area contributed by atoms with Gasteiger partial charge >= 0.3 is 0 Å². The molecule has 0 saturated heterocycles. The number of benzene rings is 3. The van der Waals surface area contributed by atoms with Crippen molar-refractivity contribution in [2.24, 2.45) is 0 Å². The first-order chi connectivity index (χ1) is 17.0. The Bertz CT molecular complexity index is 1460. The number of carbonyl (C=O) groups is 1. The molecule has 0 unspecified atom stereocenters. The molecule has 0 bridgehead atoms. The van der Waals surface area contributed by atoms with Gasteiger partial charge in [0.25, 0.3) is 10.0 Å². The molecule has 3 aromatic carbocycles. The maximum absolute atomic E-state index is 12.7. The minimum atomic E-state index is -3.79. The number of amides is 1. The molecule has 1 heterocycles. The predicted molar refractivity (Wildman–Crippen MR) is 138 cm³/mol. The van der Waals surface area contributed by atoms with Crippen LogP contribution in [0.3, 0.4) is 0 Å². The Balaban J connectivity index is 1.33. The molecule has 0 aliphatic heterocycles. The number of aromatic nitrogens is 1. The first kappa shape index (κ1) is 24.0. The fourth-order valence-corrected chi connectivity index (χ4v) is 4.68. The number of hydrogen-bond acceptors (Lipinski definition) is 5. The molecule has 8 heteroatoms. The van der Waals surface area contributed by atoms with Gasteiger partial charge in [0.15, 0.2) is 0 Å². The molecule has 0 aliphatic carbocycles. The Morgan fingerprint density at radius 3 is 2.54 bits per heavy atom. The summed E-state index contributed by atoms with van der Waals surface area (Å²) in [6, 6.07) is 23.0. The SMILES string of the molecule is COc1ccccc1NS(=O)(=O)c1ccc(/C=C/C(=O)NCCc2cccc3cccnc23)cc1. The van der Waals surface area contributed by atoms with E-state index in [1.807, 2.05) is 30.3 Å². The lowest BCUT2D eigenvalue weighted by Gasteiger charge is -2.11. The number of hydrogen-bond donors (Lipinski definition) is 2. The van der Waals surface area contributed by atoms with Gasteiger partial charge in [0.05, 0.1) is 23.2 Å². The molecule has 1 amide bonds. The van der Waals surface area contributed by atoms with Crippen LogP contribution in [0.4, 0.5) is 5.69 Å². The van der Waals surface area contributed by atoms with Crippen molar-refractivity contribution in [2.45, 2.75) is 11.3 Å². The van der Waals surface area contributed by atoms with Crippen molar-refractivity contribution in [1.29, 1.82) is 0 Å². The van der Waals surface area contributed by atoms with E-state index in [1.165, 1.54) is 25.3 Å². The summed E-state index contributed by atoms with van der Waals surface area (Å²) >= 11 is 0. The van der Waals surface area contributed by atoms with E-state index in [2.05, 4.69) is 15.0 Å². The summed E-state index contributed by atoms with van der Waals surface area (Å²) in [5.41, 5.74) is 3.07. The zero-order valence-electron chi connectivity index (χ0n) is 19.1. The molecule has 2 N–H and O–H groups in total. The Morgan fingerprint density at radius 2 is 1.74 bits per heavy atom. The lowest BCUT2D eigenvalue weighted by molar-refractivity contribution is -0.116. The first-order valence-corrected chi connectivity index (χ1v) is 12.5. The molecular weight excluding hydrogens is 462 g/mol. The van der Waals surface area contributed by atoms with Crippen molar-refractivity contribution in [1.82, 2.24) is 10.3 Å². The van der Waals surface area contributed by atoms with Crippen LogP contribution in [0.5, 0.6) is 5.75 Å². The van der Waals surface area contributed by atoms with Crippen LogP contribution >= 0.6 is 0 Å². The molecule has 0 radical (unpaired) electrons. The molecule has 7 nitrogen and oxygen atoms in total. The van der Waals surface area contributed by atoms with Crippen LogP contribution in [0.15, 0.2) is 96.0 Å². The number of rotatable bonds is 9. The highest BCUT2D eigenvalue weighted by Crippen LogP contribution is 2.26. The molecule has 0 spiro atoms. The highest BCUT2D eigenvalue weighted by atomic mass is 32.2. The number of anilines is 1. The fourth-order valence-electron chi connectivity index (χ4n) is 3.61. The summed E-state index contributed by atoms with van der Waals surface area (Å²) in [5.74, 6) is 0.200. The van der Waals surface area contributed by atoms with Crippen LogP contribution < -0.4 is 14.8 Å². The van der Waals surface area contributed by atoms with E-state index in [0.717, 1.165) is 16.5 Å². The number of methoxy groups -OCH3 is 1. The highest BCUT2D eigenvalue weighted by molar-refractivity contribution is 7.92. The Hall–Kier alpha value is -4.17. The van der Waals surface area contributed by atoms with Crippen LogP contribution in [0.25, 0.3) is 17.0 Å². The second kappa shape index (κ2) is 10.8. The van der Waals surface area contributed by atoms with Gasteiger partial charge in [-0.2, -0.15) is 0 Å². The van der Waals surface area contributed by atoms with Crippen molar-refractivity contribution in [3.8, 4) is 5.75 Å². The average Bonchev–Trinajstić information content (AvgIpc) is 2.88. The maximum Gasteiger partial charge on any atom is 0.262 e. The van der Waals surface area contributed by atoms with Gasteiger partial charge in [0.1, 0.15) is 5.75 Å². The third-order valence-corrected chi connectivity index (χ3v) is 6.76. The second-order valence-electron chi connectivity index (χ2n) is 7.74. The summed E-state index contributed by atoms with van der Waals surface area (Å²) in [6.45, 7) is 0.477. The number of para-hydroxylation sites is 3. The number of fused-ring (bicyclic) bond motifs is 1. The number of carbonyl (C=O) groups excluding carboxylic acids is 1. The summed E-state index contributed by atoms with van der Waals surface area (Å²) < 4.78 is 33.1. The van der Waals surface area contributed by atoms with Gasteiger partial charge in [-0.3, -0.25) is 14.5 Å². The number of sulfonamides is 1. The van der Waals surface area contributed by atoms with Gasteiger partial charge in [0, 0.05) is 24.2 Å². The number of nitrogens with one attached hydrogen (secondary N) is 2. The van der Waals surface area contributed by atoms with E-state index >= 15 is 0 Å². The van der Waals surface area contributed by atoms with Crippen molar-refractivity contribution in [3.63, 3.8) is 0 Å². The topological polar surface area (TPSA) is 97.4 Å². The highest BCUT2D eigenvalue weighted by Gasteiger charge is 2.16. The Morgan fingerprint density at radius 1 is 0.971 bits per heavy atom. The van der Waals surface area contributed by atoms with Crippen LogP contribution in [-0.2, 0) is 21.2 Å². The molecular formula is C27H25N3O4S. The van der Waals surface area contributed by atoms with Gasteiger partial charge in [-0.05, 0) is 54.0 Å². The van der Waals surface area contributed by atoms with E-state index < -0.39 is 10.0 Å². The van der Waals surface area contributed by atoms with E-state index in [1.54, 1.807) is 48.7 Å². The quantitative estimate of drug-likeness (QED) is 0.341. The minimum Gasteiger partial charge on any atom is -0.495 e. The van der Waals surface area contributed by atoms with Crippen LogP contribution in [0.1, 0.15) is 11.1 Å². The average molecular weight is 488 g/mol. The zero-order chi connectivity index (χ0) is 24.7. The molecule has 1 aromatic heterocycles. The lowest BCUT2D eigenvalue weighted by Crippen LogP contribution is -2.23. The van der Waals surface area contributed by atoms with Gasteiger partial charge in [-0.1, -0.05) is 48.5 Å². The van der Waals surface area contributed by atoms with Gasteiger partial charge in [-0.25, -0.2) is 8.42 Å². The largest absolute Gasteiger partial charge is 0.495 e.